The average Bonchev–Trinajstić information content (AvgIpc) is 2.96. The average molecular weight is 805 g/mol. The molecule has 10 atom stereocenters. The van der Waals surface area contributed by atoms with Gasteiger partial charge in [-0.1, -0.05) is 38.8 Å². The molecule has 0 unspecified atom stereocenters. The number of hydrogen-bond donors (Lipinski definition) is 1. The van der Waals surface area contributed by atoms with Crippen molar-refractivity contribution in [1.29, 1.82) is 0 Å². The Labute approximate surface area is 289 Å². The summed E-state index contributed by atoms with van der Waals surface area (Å²) in [7, 11) is 0. The monoisotopic (exact) mass is 803 g/mol. The number of nitrogens with one attached hydrogen (secondary N) is 1. The molecule has 2 aliphatic heterocycles. The van der Waals surface area contributed by atoms with E-state index >= 15 is 0 Å². The predicted molar refractivity (Wildman–Crippen MR) is 166 cm³/mol. The van der Waals surface area contributed by atoms with Crippen LogP contribution in [0.2, 0.25) is 0 Å². The molecule has 0 aliphatic carbocycles. The molecule has 47 heavy (non-hydrogen) atoms. The molecule has 2 heterocycles. The zero-order valence-electron chi connectivity index (χ0n) is 27.3. The minimum Gasteiger partial charge on any atom is -0.463 e. The first-order valence-electron chi connectivity index (χ1n) is 14.8. The molecule has 2 rings (SSSR count). The smallest absolute Gasteiger partial charge is 0.303 e. The fraction of sp³-hybridized carbons (Fsp3) is 0.793. The maximum Gasteiger partial charge on any atom is 0.303 e. The second-order valence-electron chi connectivity index (χ2n) is 11.1. The van der Waals surface area contributed by atoms with Crippen LogP contribution in [0.3, 0.4) is 0 Å². The topological polar surface area (TPSA) is 198 Å². The molecule has 16 nitrogen and oxygen atoms in total. The number of carbonyl (C=O) groups is 6. The van der Waals surface area contributed by atoms with Crippen molar-refractivity contribution in [2.45, 2.75) is 104 Å². The molecule has 2 fully saturated rings. The molecule has 268 valence electrons. The van der Waals surface area contributed by atoms with Crippen molar-refractivity contribution in [3.63, 3.8) is 0 Å². The lowest BCUT2D eigenvalue weighted by atomic mass is 9.88. The molecule has 1 amide bonds. The summed E-state index contributed by atoms with van der Waals surface area (Å²) in [6.45, 7) is 8.22. The lowest BCUT2D eigenvalue weighted by molar-refractivity contribution is -0.345. The number of amides is 1. The van der Waals surface area contributed by atoms with E-state index in [1.165, 1.54) is 13.8 Å². The van der Waals surface area contributed by atoms with Gasteiger partial charge in [0.05, 0.1) is 18.8 Å². The van der Waals surface area contributed by atoms with Crippen LogP contribution in [0.25, 0.3) is 0 Å². The van der Waals surface area contributed by atoms with E-state index in [2.05, 4.69) is 37.2 Å². The van der Waals surface area contributed by atoms with Crippen LogP contribution in [0.1, 0.15) is 48.5 Å². The van der Waals surface area contributed by atoms with Crippen molar-refractivity contribution in [2.75, 3.05) is 30.5 Å². The van der Waals surface area contributed by atoms with Gasteiger partial charge in [0.25, 0.3) is 0 Å². The van der Waals surface area contributed by atoms with Gasteiger partial charge in [0.2, 0.25) is 5.91 Å². The molecule has 18 heteroatoms. The number of hydrogen-bond acceptors (Lipinski definition) is 15. The SMILES string of the molecule is CC(=O)N[C@H]1[C@H](OCC(CBr)CBr)O[C@H](COC(C)=O)[C@@H](O[C@@H]2O[C@H](COC(C)=O)[C@H](OC(C)=O)[C@H](OC(C)=O)[C@H]2OC(C)=O)[C@@H]1C. The lowest BCUT2D eigenvalue weighted by Crippen LogP contribution is -2.66. The first-order chi connectivity index (χ1) is 22.1. The minimum absolute atomic E-state index is 0.0606. The van der Waals surface area contributed by atoms with Crippen molar-refractivity contribution in [3.8, 4) is 0 Å². The zero-order chi connectivity index (χ0) is 35.4. The Kier molecular flexibility index (Phi) is 17.0. The molecule has 2 aliphatic rings. The molecule has 0 aromatic rings. The molecule has 0 bridgehead atoms. The zero-order valence-corrected chi connectivity index (χ0v) is 30.4. The van der Waals surface area contributed by atoms with Gasteiger partial charge >= 0.3 is 29.8 Å². The lowest BCUT2D eigenvalue weighted by Gasteiger charge is -2.49. The second kappa shape index (κ2) is 19.6. The van der Waals surface area contributed by atoms with Crippen molar-refractivity contribution in [1.82, 2.24) is 5.32 Å². The number of esters is 5. The van der Waals surface area contributed by atoms with Crippen LogP contribution in [0, 0.1) is 11.8 Å². The Hall–Kier alpha value is -2.38. The highest BCUT2D eigenvalue weighted by molar-refractivity contribution is 9.09. The largest absolute Gasteiger partial charge is 0.463 e. The highest BCUT2D eigenvalue weighted by Gasteiger charge is 2.55. The first-order valence-corrected chi connectivity index (χ1v) is 17.1. The van der Waals surface area contributed by atoms with Gasteiger partial charge in [-0.25, -0.2) is 0 Å². The quantitative estimate of drug-likeness (QED) is 0.141. The summed E-state index contributed by atoms with van der Waals surface area (Å²) in [6, 6.07) is -0.789. The van der Waals surface area contributed by atoms with Gasteiger partial charge in [-0.3, -0.25) is 28.8 Å². The fourth-order valence-corrected chi connectivity index (χ4v) is 6.51. The summed E-state index contributed by atoms with van der Waals surface area (Å²) in [5.74, 6) is -4.65. The molecule has 0 spiro atoms. The number of carbonyl (C=O) groups excluding carboxylic acids is 6. The summed E-state index contributed by atoms with van der Waals surface area (Å²) < 4.78 is 51.7. The van der Waals surface area contributed by atoms with Gasteiger partial charge in [0, 0.05) is 64.0 Å². The van der Waals surface area contributed by atoms with Crippen molar-refractivity contribution < 1.29 is 71.4 Å². The van der Waals surface area contributed by atoms with Gasteiger partial charge in [-0.15, -0.1) is 0 Å². The predicted octanol–water partition coefficient (Wildman–Crippen LogP) is 1.31. The van der Waals surface area contributed by atoms with E-state index in [0.29, 0.717) is 10.7 Å². The van der Waals surface area contributed by atoms with E-state index in [4.69, 9.17) is 42.6 Å². The molecular weight excluding hydrogens is 762 g/mol. The number of halogens is 2. The third kappa shape index (κ3) is 12.9. The minimum atomic E-state index is -1.55. The Bertz CT molecular complexity index is 1100. The number of ether oxygens (including phenoxy) is 9. The van der Waals surface area contributed by atoms with Crippen molar-refractivity contribution in [2.24, 2.45) is 11.8 Å². The highest BCUT2D eigenvalue weighted by atomic mass is 79.9. The van der Waals surface area contributed by atoms with E-state index in [1.54, 1.807) is 6.92 Å². The number of alkyl halides is 2. The molecule has 0 saturated carbocycles. The van der Waals surface area contributed by atoms with E-state index < -0.39 is 97.6 Å². The van der Waals surface area contributed by atoms with Gasteiger partial charge < -0.3 is 47.9 Å². The van der Waals surface area contributed by atoms with Gasteiger partial charge in [-0.2, -0.15) is 0 Å². The standard InChI is InChI=1S/C29H43Br2NO15/c1-13-23(32-14(2)33)28(41-10-20(8-30)9-31)45-21(11-39-15(3)34)24(13)47-29-27(44-19(7)38)26(43-18(6)37)25(42-17(5)36)22(46-29)12-40-16(4)35/h13,20-29H,8-12H2,1-7H3,(H,32,33)/t13-,21-,22-,23-,24+,25+,26+,27-,28-,29+/m1/s1. The Morgan fingerprint density at radius 1 is 0.660 bits per heavy atom. The Balaban J connectivity index is 2.58. The Morgan fingerprint density at radius 2 is 1.13 bits per heavy atom. The van der Waals surface area contributed by atoms with Crippen LogP contribution in [-0.4, -0.2) is 121 Å². The molecule has 0 aromatic carbocycles. The first kappa shape index (κ1) is 40.8. The van der Waals surface area contributed by atoms with Gasteiger partial charge in [0.1, 0.15) is 25.4 Å². The molecule has 2 saturated heterocycles. The maximum absolute atomic E-state index is 12.3. The van der Waals surface area contributed by atoms with Crippen LogP contribution >= 0.6 is 31.9 Å². The third-order valence-corrected chi connectivity index (χ3v) is 8.88. The molecule has 0 radical (unpaired) electrons. The van der Waals surface area contributed by atoms with Crippen LogP contribution in [0.5, 0.6) is 0 Å². The Morgan fingerprint density at radius 3 is 1.60 bits per heavy atom. The van der Waals surface area contributed by atoms with Crippen LogP contribution in [-0.2, 0) is 71.4 Å². The van der Waals surface area contributed by atoms with E-state index in [9.17, 15) is 28.8 Å². The number of rotatable bonds is 15. The fourth-order valence-electron chi connectivity index (χ4n) is 5.06. The molecule has 0 aromatic heterocycles. The third-order valence-electron chi connectivity index (χ3n) is 7.05. The van der Waals surface area contributed by atoms with Crippen LogP contribution in [0.4, 0.5) is 0 Å². The summed E-state index contributed by atoms with van der Waals surface area (Å²) in [5, 5.41) is 4.08. The summed E-state index contributed by atoms with van der Waals surface area (Å²) >= 11 is 6.87. The molecule has 1 N–H and O–H groups in total. The van der Waals surface area contributed by atoms with Gasteiger partial charge in [0.15, 0.2) is 30.9 Å². The second-order valence-corrected chi connectivity index (χ2v) is 12.4. The van der Waals surface area contributed by atoms with E-state index in [1.807, 2.05) is 0 Å². The van der Waals surface area contributed by atoms with Crippen molar-refractivity contribution in [3.05, 3.63) is 0 Å². The van der Waals surface area contributed by atoms with Crippen molar-refractivity contribution >= 4 is 67.6 Å². The summed E-state index contributed by atoms with van der Waals surface area (Å²) in [4.78, 5) is 72.4. The van der Waals surface area contributed by atoms with E-state index in [-0.39, 0.29) is 25.0 Å². The summed E-state index contributed by atoms with van der Waals surface area (Å²) in [6.07, 6.45) is -10.2. The normalized spacial score (nSPS) is 30.5. The van der Waals surface area contributed by atoms with E-state index in [0.717, 1.165) is 27.7 Å². The van der Waals surface area contributed by atoms with Crippen LogP contribution in [0.15, 0.2) is 0 Å². The summed E-state index contributed by atoms with van der Waals surface area (Å²) in [5.41, 5.74) is 0. The van der Waals surface area contributed by atoms with Crippen LogP contribution < -0.4 is 5.32 Å². The van der Waals surface area contributed by atoms with Gasteiger partial charge in [-0.05, 0) is 0 Å². The molecular formula is C29H43Br2NO15. The maximum atomic E-state index is 12.3. The highest BCUT2D eigenvalue weighted by Crippen LogP contribution is 2.36.